The number of rotatable bonds is 8. The van der Waals surface area contributed by atoms with Crippen LogP contribution >= 0.6 is 12.8 Å². The highest BCUT2D eigenvalue weighted by Gasteiger charge is 2.45. The van der Waals surface area contributed by atoms with Gasteiger partial charge in [-0.25, -0.2) is 0 Å². The van der Waals surface area contributed by atoms with E-state index in [1.165, 1.54) is 11.3 Å². The number of para-hydroxylation sites is 1. The molecule has 4 rings (SSSR count). The standard InChI is InChI=1S/C26H38N4O3S/c1-3-4-16-33-18-22(27-24(31)20-8-7-13-28(2)17-20)25(32)29-14-11-26(12-15-29)19-30(34)23-10-6-5-9-21(23)26/h5-6,8-10,22,34H,3-4,7,11-19H2,1-2H3,(H,27,31)/t22-/m1/s1. The number of hydrogen-bond donors (Lipinski definition) is 2. The Bertz CT molecular complexity index is 913. The number of unbranched alkanes of at least 4 members (excludes halogenated alkanes) is 1. The van der Waals surface area contributed by atoms with Crippen LogP contribution < -0.4 is 9.62 Å². The zero-order valence-corrected chi connectivity index (χ0v) is 21.4. The van der Waals surface area contributed by atoms with Crippen LogP contribution in [0.1, 0.15) is 44.6 Å². The summed E-state index contributed by atoms with van der Waals surface area (Å²) >= 11 is 4.68. The number of nitrogens with zero attached hydrogens (tertiary/aromatic N) is 3. The lowest BCUT2D eigenvalue weighted by atomic mass is 9.74. The summed E-state index contributed by atoms with van der Waals surface area (Å²) in [5, 5.41) is 2.99. The van der Waals surface area contributed by atoms with Gasteiger partial charge >= 0.3 is 0 Å². The summed E-state index contributed by atoms with van der Waals surface area (Å²) in [5.74, 6) is -0.202. The molecule has 0 radical (unpaired) electrons. The number of likely N-dealkylation sites (tertiary alicyclic amines) is 1. The van der Waals surface area contributed by atoms with Crippen molar-refractivity contribution in [2.75, 3.05) is 57.3 Å². The van der Waals surface area contributed by atoms with E-state index in [0.717, 1.165) is 50.8 Å². The number of thiol groups is 1. The molecule has 8 heteroatoms. The molecule has 0 saturated carbocycles. The summed E-state index contributed by atoms with van der Waals surface area (Å²) < 4.78 is 7.84. The van der Waals surface area contributed by atoms with Crippen molar-refractivity contribution in [2.24, 2.45) is 0 Å². The third-order valence-corrected chi connectivity index (χ3v) is 7.76. The normalized spacial score (nSPS) is 20.7. The first kappa shape index (κ1) is 25.1. The Hall–Kier alpha value is -2.03. The first-order chi connectivity index (χ1) is 16.4. The quantitative estimate of drug-likeness (QED) is 0.437. The zero-order chi connectivity index (χ0) is 24.1. The average Bonchev–Trinajstić information content (AvgIpc) is 3.12. The molecule has 2 amide bonds. The minimum absolute atomic E-state index is 0.0307. The number of anilines is 1. The molecular weight excluding hydrogens is 448 g/mol. The van der Waals surface area contributed by atoms with Gasteiger partial charge in [-0.2, -0.15) is 0 Å². The van der Waals surface area contributed by atoms with E-state index >= 15 is 0 Å². The van der Waals surface area contributed by atoms with Crippen LogP contribution in [-0.4, -0.2) is 80.6 Å². The van der Waals surface area contributed by atoms with Crippen LogP contribution in [0.25, 0.3) is 0 Å². The number of fused-ring (bicyclic) bond motifs is 2. The van der Waals surface area contributed by atoms with Crippen molar-refractivity contribution < 1.29 is 14.3 Å². The molecule has 1 aromatic carbocycles. The summed E-state index contributed by atoms with van der Waals surface area (Å²) in [6.07, 6.45) is 6.59. The van der Waals surface area contributed by atoms with Crippen molar-refractivity contribution in [3.8, 4) is 0 Å². The second-order valence-corrected chi connectivity index (χ2v) is 10.4. The number of ether oxygens (including phenoxy) is 1. The second kappa shape index (κ2) is 11.1. The van der Waals surface area contributed by atoms with E-state index in [1.807, 2.05) is 28.4 Å². The summed E-state index contributed by atoms with van der Waals surface area (Å²) in [6.45, 7) is 6.66. The molecule has 7 nitrogen and oxygen atoms in total. The maximum atomic E-state index is 13.5. The molecule has 1 spiro atoms. The molecule has 0 bridgehead atoms. The summed E-state index contributed by atoms with van der Waals surface area (Å²) in [5.41, 5.74) is 3.27. The van der Waals surface area contributed by atoms with Crippen molar-refractivity contribution in [1.82, 2.24) is 15.1 Å². The van der Waals surface area contributed by atoms with Crippen LogP contribution in [0, 0.1) is 0 Å². The highest BCUT2D eigenvalue weighted by atomic mass is 32.1. The van der Waals surface area contributed by atoms with Gasteiger partial charge < -0.3 is 24.2 Å². The molecule has 1 atom stereocenters. The molecule has 186 valence electrons. The zero-order valence-electron chi connectivity index (χ0n) is 20.5. The number of amides is 2. The van der Waals surface area contributed by atoms with E-state index in [1.54, 1.807) is 0 Å². The van der Waals surface area contributed by atoms with Gasteiger partial charge in [-0.1, -0.05) is 50.4 Å². The van der Waals surface area contributed by atoms with Gasteiger partial charge in [-0.3, -0.25) is 9.59 Å². The van der Waals surface area contributed by atoms with Gasteiger partial charge in [-0.05, 0) is 44.4 Å². The van der Waals surface area contributed by atoms with Crippen LogP contribution in [0.3, 0.4) is 0 Å². The maximum Gasteiger partial charge on any atom is 0.248 e. The number of carbonyl (C=O) groups excluding carboxylic acids is 2. The van der Waals surface area contributed by atoms with E-state index < -0.39 is 6.04 Å². The van der Waals surface area contributed by atoms with Crippen LogP contribution in [0.15, 0.2) is 35.9 Å². The summed E-state index contributed by atoms with van der Waals surface area (Å²) in [4.78, 5) is 30.5. The predicted octanol–water partition coefficient (Wildman–Crippen LogP) is 2.78. The molecule has 34 heavy (non-hydrogen) atoms. The van der Waals surface area contributed by atoms with Gasteiger partial charge in [0.25, 0.3) is 0 Å². The minimum atomic E-state index is -0.663. The lowest BCUT2D eigenvalue weighted by Gasteiger charge is -2.40. The second-order valence-electron chi connectivity index (χ2n) is 9.89. The smallest absolute Gasteiger partial charge is 0.248 e. The lowest BCUT2D eigenvalue weighted by molar-refractivity contribution is -0.139. The third kappa shape index (κ3) is 5.44. The van der Waals surface area contributed by atoms with Crippen molar-refractivity contribution in [2.45, 2.75) is 50.5 Å². The van der Waals surface area contributed by atoms with Crippen molar-refractivity contribution >= 4 is 30.3 Å². The number of likely N-dealkylation sites (N-methyl/N-ethyl adjacent to an activating group) is 1. The van der Waals surface area contributed by atoms with E-state index in [-0.39, 0.29) is 23.8 Å². The number of piperidine rings is 1. The Morgan fingerprint density at radius 2 is 1.97 bits per heavy atom. The van der Waals surface area contributed by atoms with E-state index in [9.17, 15) is 9.59 Å². The molecular formula is C26H38N4O3S. The molecule has 1 fully saturated rings. The van der Waals surface area contributed by atoms with Gasteiger partial charge in [-0.15, -0.1) is 0 Å². The number of nitrogens with one attached hydrogen (secondary N) is 1. The summed E-state index contributed by atoms with van der Waals surface area (Å²) in [7, 11) is 2.01. The summed E-state index contributed by atoms with van der Waals surface area (Å²) in [6, 6.07) is 7.78. The third-order valence-electron chi connectivity index (χ3n) is 7.40. The van der Waals surface area contributed by atoms with Gasteiger partial charge in [0.05, 0.1) is 12.3 Å². The van der Waals surface area contributed by atoms with Crippen molar-refractivity contribution in [3.63, 3.8) is 0 Å². The molecule has 1 N–H and O–H groups in total. The SMILES string of the molecule is CCCCOC[C@@H](NC(=O)C1=CCCN(C)C1)C(=O)N1CCC2(CC1)CN(S)c1ccccc12. The largest absolute Gasteiger partial charge is 0.379 e. The predicted molar refractivity (Wildman–Crippen MR) is 138 cm³/mol. The van der Waals surface area contributed by atoms with Crippen molar-refractivity contribution in [3.05, 3.63) is 41.5 Å². The van der Waals surface area contributed by atoms with E-state index in [0.29, 0.717) is 26.2 Å². The number of benzene rings is 1. The maximum absolute atomic E-state index is 13.5. The Kier molecular flexibility index (Phi) is 8.22. The van der Waals surface area contributed by atoms with Crippen molar-refractivity contribution in [1.29, 1.82) is 0 Å². The molecule has 3 aliphatic rings. The number of hydrogen-bond acceptors (Lipinski definition) is 6. The van der Waals surface area contributed by atoms with Crippen LogP contribution in [-0.2, 0) is 19.7 Å². The molecule has 3 aliphatic heterocycles. The average molecular weight is 487 g/mol. The van der Waals surface area contributed by atoms with E-state index in [4.69, 9.17) is 4.74 Å². The molecule has 0 unspecified atom stereocenters. The first-order valence-electron chi connectivity index (χ1n) is 12.5. The van der Waals surface area contributed by atoms with Gasteiger partial charge in [0.2, 0.25) is 11.8 Å². The Morgan fingerprint density at radius 3 is 2.71 bits per heavy atom. The monoisotopic (exact) mass is 486 g/mol. The minimum Gasteiger partial charge on any atom is -0.379 e. The Labute approximate surface area is 209 Å². The molecule has 0 aromatic heterocycles. The fourth-order valence-electron chi connectivity index (χ4n) is 5.34. The topological polar surface area (TPSA) is 65.1 Å². The molecule has 1 saturated heterocycles. The molecule has 3 heterocycles. The molecule has 1 aromatic rings. The Balaban J connectivity index is 1.41. The number of carbonyl (C=O) groups is 2. The van der Waals surface area contributed by atoms with E-state index in [2.05, 4.69) is 48.2 Å². The highest BCUT2D eigenvalue weighted by Crippen LogP contribution is 2.47. The lowest BCUT2D eigenvalue weighted by Crippen LogP contribution is -2.55. The fraction of sp³-hybridized carbons (Fsp3) is 0.615. The van der Waals surface area contributed by atoms with Gasteiger partial charge in [0.1, 0.15) is 6.04 Å². The first-order valence-corrected chi connectivity index (χ1v) is 12.9. The van der Waals surface area contributed by atoms with Gasteiger partial charge in [0, 0.05) is 50.3 Å². The van der Waals surface area contributed by atoms with Crippen LogP contribution in [0.4, 0.5) is 5.69 Å². The molecule has 0 aliphatic carbocycles. The highest BCUT2D eigenvalue weighted by molar-refractivity contribution is 7.81. The Morgan fingerprint density at radius 1 is 1.21 bits per heavy atom. The van der Waals surface area contributed by atoms with Crippen LogP contribution in [0.5, 0.6) is 0 Å². The van der Waals surface area contributed by atoms with Crippen LogP contribution in [0.2, 0.25) is 0 Å². The fourth-order valence-corrected chi connectivity index (χ4v) is 5.78. The van der Waals surface area contributed by atoms with Gasteiger partial charge in [0.15, 0.2) is 0 Å².